The fourth-order valence-corrected chi connectivity index (χ4v) is 5.75. The van der Waals surface area contributed by atoms with Crippen LogP contribution in [0.5, 0.6) is 0 Å². The van der Waals surface area contributed by atoms with Crippen molar-refractivity contribution in [2.75, 3.05) is 5.75 Å². The van der Waals surface area contributed by atoms with E-state index in [0.717, 1.165) is 22.6 Å². The van der Waals surface area contributed by atoms with Gasteiger partial charge in [0.05, 0.1) is 0 Å². The van der Waals surface area contributed by atoms with E-state index in [2.05, 4.69) is 41.7 Å². The molecule has 2 aromatic rings. The van der Waals surface area contributed by atoms with E-state index in [1.54, 1.807) is 4.90 Å². The van der Waals surface area contributed by atoms with Crippen molar-refractivity contribution >= 4 is 29.5 Å². The number of fused-ring (bicyclic) bond motifs is 1. The highest BCUT2D eigenvalue weighted by Crippen LogP contribution is 2.34. The predicted molar refractivity (Wildman–Crippen MR) is 131 cm³/mol. The minimum absolute atomic E-state index is 0.0996. The molecule has 0 aliphatic carbocycles. The Kier molecular flexibility index (Phi) is 8.21. The van der Waals surface area contributed by atoms with Crippen molar-refractivity contribution in [2.24, 2.45) is 0 Å². The minimum atomic E-state index is -0.553. The Morgan fingerprint density at radius 1 is 0.879 bits per heavy atom. The first kappa shape index (κ1) is 23.6. The first-order valence-corrected chi connectivity index (χ1v) is 13.1. The van der Waals surface area contributed by atoms with E-state index in [4.69, 9.17) is 0 Å². The first-order chi connectivity index (χ1) is 16.1. The van der Waals surface area contributed by atoms with E-state index in [0.29, 0.717) is 18.5 Å². The second-order valence-corrected chi connectivity index (χ2v) is 10.0. The summed E-state index contributed by atoms with van der Waals surface area (Å²) in [6.45, 7) is 0.449. The van der Waals surface area contributed by atoms with Gasteiger partial charge in [0.15, 0.2) is 0 Å². The first-order valence-electron chi connectivity index (χ1n) is 12.1. The maximum Gasteiger partial charge on any atom is 0.255 e. The van der Waals surface area contributed by atoms with Crippen LogP contribution in [0.3, 0.4) is 0 Å². The van der Waals surface area contributed by atoms with E-state index >= 15 is 0 Å². The molecule has 1 atom stereocenters. The third-order valence-corrected chi connectivity index (χ3v) is 7.69. The Labute approximate surface area is 200 Å². The third kappa shape index (κ3) is 6.05. The largest absolute Gasteiger partial charge is 0.322 e. The topological polar surface area (TPSA) is 66.5 Å². The van der Waals surface area contributed by atoms with E-state index < -0.39 is 6.04 Å². The second-order valence-electron chi connectivity index (χ2n) is 8.89. The third-order valence-electron chi connectivity index (χ3n) is 6.50. The van der Waals surface area contributed by atoms with E-state index in [-0.39, 0.29) is 24.1 Å². The van der Waals surface area contributed by atoms with Crippen molar-refractivity contribution in [3.8, 4) is 0 Å². The summed E-state index contributed by atoms with van der Waals surface area (Å²) in [4.78, 5) is 39.4. The lowest BCUT2D eigenvalue weighted by Crippen LogP contribution is -2.52. The molecule has 2 aromatic carbocycles. The average molecular weight is 465 g/mol. The molecule has 0 radical (unpaired) electrons. The number of benzene rings is 2. The van der Waals surface area contributed by atoms with Crippen LogP contribution in [0.1, 0.15) is 72.9 Å². The fraction of sp³-hybridized carbons (Fsp3) is 0.444. The SMILES string of the molecule is O=C1CCC(N2Cc3c(SCCCCCCCCc4ccccc4)cccc3C2=O)C(=O)N1. The number of thioether (sulfide) groups is 1. The van der Waals surface area contributed by atoms with Gasteiger partial charge in [-0.2, -0.15) is 0 Å². The fourth-order valence-electron chi connectivity index (χ4n) is 4.66. The van der Waals surface area contributed by atoms with Crippen molar-refractivity contribution in [1.29, 1.82) is 0 Å². The van der Waals surface area contributed by atoms with Gasteiger partial charge in [-0.1, -0.05) is 62.1 Å². The van der Waals surface area contributed by atoms with Crippen LogP contribution in [0.2, 0.25) is 0 Å². The summed E-state index contributed by atoms with van der Waals surface area (Å²) in [7, 11) is 0. The number of hydrogen-bond donors (Lipinski definition) is 1. The number of carbonyl (C=O) groups is 3. The zero-order valence-electron chi connectivity index (χ0n) is 19.1. The lowest BCUT2D eigenvalue weighted by atomic mass is 10.0. The molecule has 0 aromatic heterocycles. The van der Waals surface area contributed by atoms with Crippen LogP contribution in [-0.2, 0) is 22.6 Å². The smallest absolute Gasteiger partial charge is 0.255 e. The lowest BCUT2D eigenvalue weighted by molar-refractivity contribution is -0.136. The Morgan fingerprint density at radius 2 is 1.64 bits per heavy atom. The standard InChI is InChI=1S/C27H32N2O3S/c30-25-17-16-23(26(31)28-25)29-19-22-21(27(29)32)14-10-15-24(22)33-18-9-4-2-1-3-6-11-20-12-7-5-8-13-20/h5,7-8,10,12-15,23H,1-4,6,9,11,16-19H2,(H,28,30,31). The van der Waals surface area contributed by atoms with Gasteiger partial charge in [0, 0.05) is 23.4 Å². The van der Waals surface area contributed by atoms with Gasteiger partial charge in [0.25, 0.3) is 5.91 Å². The highest BCUT2D eigenvalue weighted by Gasteiger charge is 2.39. The maximum absolute atomic E-state index is 12.9. The van der Waals surface area contributed by atoms with Gasteiger partial charge in [-0.05, 0) is 54.7 Å². The van der Waals surface area contributed by atoms with Crippen molar-refractivity contribution < 1.29 is 14.4 Å². The molecule has 2 aliphatic heterocycles. The van der Waals surface area contributed by atoms with Crippen molar-refractivity contribution in [3.05, 3.63) is 65.2 Å². The molecule has 33 heavy (non-hydrogen) atoms. The van der Waals surface area contributed by atoms with E-state index in [1.807, 2.05) is 23.9 Å². The van der Waals surface area contributed by atoms with Crippen LogP contribution >= 0.6 is 11.8 Å². The van der Waals surface area contributed by atoms with E-state index in [9.17, 15) is 14.4 Å². The number of amides is 3. The number of nitrogens with zero attached hydrogens (tertiary/aromatic N) is 1. The molecule has 3 amide bonds. The van der Waals surface area contributed by atoms with Gasteiger partial charge < -0.3 is 4.90 Å². The van der Waals surface area contributed by atoms with Crippen molar-refractivity contribution in [1.82, 2.24) is 10.2 Å². The second kappa shape index (κ2) is 11.5. The number of nitrogens with one attached hydrogen (secondary N) is 1. The van der Waals surface area contributed by atoms with Gasteiger partial charge >= 0.3 is 0 Å². The monoisotopic (exact) mass is 464 g/mol. The molecule has 0 spiro atoms. The normalized spacial score (nSPS) is 17.9. The molecule has 2 heterocycles. The predicted octanol–water partition coefficient (Wildman–Crippen LogP) is 5.12. The summed E-state index contributed by atoms with van der Waals surface area (Å²) in [6, 6.07) is 16.0. The molecule has 2 aliphatic rings. The van der Waals surface area contributed by atoms with Crippen LogP contribution in [0.25, 0.3) is 0 Å². The number of hydrogen-bond acceptors (Lipinski definition) is 4. The van der Waals surface area contributed by atoms with Crippen LogP contribution in [0, 0.1) is 0 Å². The van der Waals surface area contributed by atoms with Crippen LogP contribution in [0.4, 0.5) is 0 Å². The maximum atomic E-state index is 12.9. The minimum Gasteiger partial charge on any atom is -0.322 e. The Balaban J connectivity index is 1.18. The highest BCUT2D eigenvalue weighted by molar-refractivity contribution is 7.99. The van der Waals surface area contributed by atoms with Gasteiger partial charge in [-0.25, -0.2) is 0 Å². The molecule has 1 unspecified atom stereocenters. The highest BCUT2D eigenvalue weighted by atomic mass is 32.2. The lowest BCUT2D eigenvalue weighted by Gasteiger charge is -2.29. The van der Waals surface area contributed by atoms with Crippen LogP contribution in [-0.4, -0.2) is 34.4 Å². The molecule has 6 heteroatoms. The number of aryl methyl sites for hydroxylation is 1. The summed E-state index contributed by atoms with van der Waals surface area (Å²) in [5, 5.41) is 2.37. The summed E-state index contributed by atoms with van der Waals surface area (Å²) in [6.07, 6.45) is 9.34. The molecule has 1 N–H and O–H groups in total. The van der Waals surface area contributed by atoms with Gasteiger partial charge in [-0.3, -0.25) is 19.7 Å². The van der Waals surface area contributed by atoms with Crippen LogP contribution < -0.4 is 5.32 Å². The molecule has 1 fully saturated rings. The van der Waals surface area contributed by atoms with E-state index in [1.165, 1.54) is 44.1 Å². The number of carbonyl (C=O) groups excluding carboxylic acids is 3. The number of piperidine rings is 1. The Morgan fingerprint density at radius 3 is 2.42 bits per heavy atom. The molecule has 5 nitrogen and oxygen atoms in total. The van der Waals surface area contributed by atoms with Gasteiger partial charge in [0.1, 0.15) is 6.04 Å². The number of imide groups is 1. The molecule has 4 rings (SSSR count). The number of unbranched alkanes of at least 4 members (excludes halogenated alkanes) is 5. The Bertz CT molecular complexity index is 992. The van der Waals surface area contributed by atoms with Gasteiger partial charge in [-0.15, -0.1) is 11.8 Å². The molecule has 0 bridgehead atoms. The number of rotatable bonds is 11. The summed E-state index contributed by atoms with van der Waals surface area (Å²) in [5.74, 6) is 0.322. The summed E-state index contributed by atoms with van der Waals surface area (Å²) in [5.41, 5.74) is 3.15. The van der Waals surface area contributed by atoms with Crippen LogP contribution in [0.15, 0.2) is 53.4 Å². The zero-order chi connectivity index (χ0) is 23.0. The zero-order valence-corrected chi connectivity index (χ0v) is 19.9. The van der Waals surface area contributed by atoms with Crippen molar-refractivity contribution in [2.45, 2.75) is 75.3 Å². The van der Waals surface area contributed by atoms with Gasteiger partial charge in [0.2, 0.25) is 11.8 Å². The molecule has 174 valence electrons. The Hall–Kier alpha value is -2.60. The van der Waals surface area contributed by atoms with Crippen molar-refractivity contribution in [3.63, 3.8) is 0 Å². The molecule has 0 saturated carbocycles. The summed E-state index contributed by atoms with van der Waals surface area (Å²) < 4.78 is 0. The quantitative estimate of drug-likeness (QED) is 0.285. The average Bonchev–Trinajstić information content (AvgIpc) is 3.15. The molecule has 1 saturated heterocycles. The molecular weight excluding hydrogens is 432 g/mol. The molecular formula is C27H32N2O3S. The summed E-state index contributed by atoms with van der Waals surface area (Å²) >= 11 is 1.81.